The Balaban J connectivity index is 2.10. The molecule has 0 spiro atoms. The maximum atomic E-state index is 13.2. The van der Waals surface area contributed by atoms with E-state index in [-0.39, 0.29) is 5.56 Å². The van der Waals surface area contributed by atoms with E-state index < -0.39 is 0 Å². The summed E-state index contributed by atoms with van der Waals surface area (Å²) in [5, 5.41) is 3.91. The van der Waals surface area contributed by atoms with Crippen LogP contribution >= 0.6 is 0 Å². The van der Waals surface area contributed by atoms with Gasteiger partial charge in [0, 0.05) is 12.6 Å². The Morgan fingerprint density at radius 1 is 1.24 bits per heavy atom. The van der Waals surface area contributed by atoms with Gasteiger partial charge in [-0.15, -0.1) is 0 Å². The van der Waals surface area contributed by atoms with E-state index >= 15 is 0 Å². The second kappa shape index (κ2) is 5.73. The molecule has 3 aromatic heterocycles. The van der Waals surface area contributed by atoms with Crippen molar-refractivity contribution < 1.29 is 4.52 Å². The minimum absolute atomic E-state index is 0.0993. The van der Waals surface area contributed by atoms with Gasteiger partial charge in [0.25, 0.3) is 5.56 Å². The molecule has 126 valence electrons. The van der Waals surface area contributed by atoms with Gasteiger partial charge < -0.3 is 9.09 Å². The number of aromatic nitrogens is 4. The van der Waals surface area contributed by atoms with Crippen LogP contribution in [0.3, 0.4) is 0 Å². The summed E-state index contributed by atoms with van der Waals surface area (Å²) in [6.07, 6.45) is 3.70. The Morgan fingerprint density at radius 2 is 2.00 bits per heavy atom. The summed E-state index contributed by atoms with van der Waals surface area (Å²) in [6, 6.07) is 9.61. The lowest BCUT2D eigenvalue weighted by molar-refractivity contribution is 0.426. The van der Waals surface area contributed by atoms with E-state index in [0.29, 0.717) is 23.5 Å². The third kappa shape index (κ3) is 2.46. The van der Waals surface area contributed by atoms with Crippen LogP contribution in [0.15, 0.2) is 57.6 Å². The first-order chi connectivity index (χ1) is 12.1. The van der Waals surface area contributed by atoms with Gasteiger partial charge in [-0.1, -0.05) is 28.9 Å². The summed E-state index contributed by atoms with van der Waals surface area (Å²) in [6.45, 7) is 6.40. The molecule has 0 aliphatic heterocycles. The second-order valence-corrected chi connectivity index (χ2v) is 6.33. The molecule has 6 heteroatoms. The fourth-order valence-electron chi connectivity index (χ4n) is 2.98. The number of allylic oxidation sites excluding steroid dienone is 2. The third-order valence-electron chi connectivity index (χ3n) is 4.19. The molecule has 0 saturated carbocycles. The number of fused-ring (bicyclic) bond motifs is 3. The minimum Gasteiger partial charge on any atom is -0.354 e. The van der Waals surface area contributed by atoms with E-state index in [9.17, 15) is 4.79 Å². The van der Waals surface area contributed by atoms with Crippen molar-refractivity contribution in [1.82, 2.24) is 19.1 Å². The van der Waals surface area contributed by atoms with Crippen molar-refractivity contribution in [3.8, 4) is 11.5 Å². The fourth-order valence-corrected chi connectivity index (χ4v) is 2.98. The van der Waals surface area contributed by atoms with Gasteiger partial charge in [0.15, 0.2) is 5.76 Å². The summed E-state index contributed by atoms with van der Waals surface area (Å²) in [5.74, 6) is 0.501. The van der Waals surface area contributed by atoms with Crippen LogP contribution in [0.25, 0.3) is 28.0 Å². The molecular formula is C19H18N4O2. The van der Waals surface area contributed by atoms with E-state index in [0.717, 1.165) is 22.3 Å². The zero-order valence-corrected chi connectivity index (χ0v) is 14.4. The molecule has 0 amide bonds. The minimum atomic E-state index is -0.0993. The van der Waals surface area contributed by atoms with E-state index in [2.05, 4.69) is 10.1 Å². The van der Waals surface area contributed by atoms with Crippen LogP contribution < -0.4 is 5.56 Å². The van der Waals surface area contributed by atoms with Gasteiger partial charge in [-0.2, -0.15) is 0 Å². The maximum absolute atomic E-state index is 13.2. The highest BCUT2D eigenvalue weighted by Crippen LogP contribution is 2.24. The number of benzene rings is 1. The van der Waals surface area contributed by atoms with Crippen LogP contribution in [0.1, 0.15) is 19.5 Å². The van der Waals surface area contributed by atoms with Crippen LogP contribution in [-0.4, -0.2) is 19.1 Å². The van der Waals surface area contributed by atoms with Gasteiger partial charge in [-0.05, 0) is 32.9 Å². The first-order valence-corrected chi connectivity index (χ1v) is 8.12. The largest absolute Gasteiger partial charge is 0.354 e. The smallest absolute Gasteiger partial charge is 0.278 e. The molecule has 1 aromatic carbocycles. The molecule has 25 heavy (non-hydrogen) atoms. The van der Waals surface area contributed by atoms with Crippen molar-refractivity contribution in [3.63, 3.8) is 0 Å². The number of nitrogens with zero attached hydrogens (tertiary/aromatic N) is 4. The number of hydrogen-bond acceptors (Lipinski definition) is 4. The van der Waals surface area contributed by atoms with Crippen LogP contribution in [0.4, 0.5) is 0 Å². The number of rotatable bonds is 3. The molecule has 0 bridgehead atoms. The van der Waals surface area contributed by atoms with Crippen LogP contribution in [0.2, 0.25) is 0 Å². The highest BCUT2D eigenvalue weighted by Gasteiger charge is 2.18. The van der Waals surface area contributed by atoms with Crippen LogP contribution in [0.5, 0.6) is 0 Å². The lowest BCUT2D eigenvalue weighted by Crippen LogP contribution is -2.22. The van der Waals surface area contributed by atoms with Gasteiger partial charge in [0.2, 0.25) is 0 Å². The van der Waals surface area contributed by atoms with Crippen molar-refractivity contribution in [2.45, 2.75) is 27.3 Å². The standard InChI is InChI=1S/C19H18N4O2/c1-12(2)8-9-22-14-6-4-5-7-15(14)23-11-20-17(18(23)19(22)24)16-10-13(3)21-25-16/h4-8,10-11H,9H2,1-3H3. The fraction of sp³-hybridized carbons (Fsp3) is 0.211. The molecule has 0 fully saturated rings. The average molecular weight is 334 g/mol. The first kappa shape index (κ1) is 15.4. The molecular weight excluding hydrogens is 316 g/mol. The van der Waals surface area contributed by atoms with Crippen molar-refractivity contribution in [2.75, 3.05) is 0 Å². The molecule has 4 aromatic rings. The Hall–Kier alpha value is -3.15. The van der Waals surface area contributed by atoms with Crippen molar-refractivity contribution in [3.05, 3.63) is 64.4 Å². The van der Waals surface area contributed by atoms with Crippen molar-refractivity contribution >= 4 is 16.6 Å². The molecule has 0 unspecified atom stereocenters. The SMILES string of the molecule is CC(C)=CCn1c(=O)c2c(-c3cc(C)no3)ncn2c2ccccc21. The highest BCUT2D eigenvalue weighted by molar-refractivity contribution is 5.84. The zero-order valence-electron chi connectivity index (χ0n) is 14.4. The summed E-state index contributed by atoms with van der Waals surface area (Å²) < 4.78 is 8.93. The van der Waals surface area contributed by atoms with Gasteiger partial charge in [0.1, 0.15) is 17.5 Å². The number of para-hydroxylation sites is 2. The van der Waals surface area contributed by atoms with Crippen molar-refractivity contribution in [2.24, 2.45) is 0 Å². The third-order valence-corrected chi connectivity index (χ3v) is 4.19. The molecule has 6 nitrogen and oxygen atoms in total. The van der Waals surface area contributed by atoms with Gasteiger partial charge in [0.05, 0.1) is 16.7 Å². The average Bonchev–Trinajstić information content (AvgIpc) is 3.21. The molecule has 0 saturated heterocycles. The molecule has 3 heterocycles. The Morgan fingerprint density at radius 3 is 2.68 bits per heavy atom. The van der Waals surface area contributed by atoms with E-state index in [4.69, 9.17) is 4.52 Å². The predicted octanol–water partition coefficient (Wildman–Crippen LogP) is 3.58. The summed E-state index contributed by atoms with van der Waals surface area (Å²) in [7, 11) is 0. The number of imidazole rings is 1. The predicted molar refractivity (Wildman–Crippen MR) is 96.6 cm³/mol. The lowest BCUT2D eigenvalue weighted by Gasteiger charge is -2.11. The Bertz CT molecular complexity index is 1170. The van der Waals surface area contributed by atoms with E-state index in [1.54, 1.807) is 17.0 Å². The van der Waals surface area contributed by atoms with Crippen LogP contribution in [-0.2, 0) is 6.54 Å². The zero-order chi connectivity index (χ0) is 17.6. The van der Waals surface area contributed by atoms with Gasteiger partial charge in [-0.3, -0.25) is 9.20 Å². The molecule has 4 rings (SSSR count). The second-order valence-electron chi connectivity index (χ2n) is 6.33. The van der Waals surface area contributed by atoms with Gasteiger partial charge in [-0.25, -0.2) is 4.98 Å². The first-order valence-electron chi connectivity index (χ1n) is 8.12. The summed E-state index contributed by atoms with van der Waals surface area (Å²) in [5.41, 5.74) is 4.62. The topological polar surface area (TPSA) is 65.3 Å². The Kier molecular flexibility index (Phi) is 3.53. The molecule has 0 radical (unpaired) electrons. The number of hydrogen-bond donors (Lipinski definition) is 0. The Labute approximate surface area is 144 Å². The summed E-state index contributed by atoms with van der Waals surface area (Å²) >= 11 is 0. The molecule has 0 aliphatic rings. The molecule has 0 N–H and O–H groups in total. The maximum Gasteiger partial charge on any atom is 0.278 e. The monoisotopic (exact) mass is 334 g/mol. The van der Waals surface area contributed by atoms with Gasteiger partial charge >= 0.3 is 0 Å². The molecule has 0 atom stereocenters. The number of aryl methyl sites for hydroxylation is 1. The lowest BCUT2D eigenvalue weighted by atomic mass is 10.2. The normalized spacial score (nSPS) is 11.3. The quantitative estimate of drug-likeness (QED) is 0.537. The van der Waals surface area contributed by atoms with E-state index in [1.807, 2.05) is 55.5 Å². The van der Waals surface area contributed by atoms with Crippen LogP contribution in [0, 0.1) is 6.92 Å². The van der Waals surface area contributed by atoms with Crippen molar-refractivity contribution in [1.29, 1.82) is 0 Å². The summed E-state index contributed by atoms with van der Waals surface area (Å²) in [4.78, 5) is 17.7. The highest BCUT2D eigenvalue weighted by atomic mass is 16.5. The molecule has 0 aliphatic carbocycles. The van der Waals surface area contributed by atoms with E-state index in [1.165, 1.54) is 0 Å².